The van der Waals surface area contributed by atoms with Crippen molar-refractivity contribution in [2.75, 3.05) is 39.4 Å². The molecule has 3 rings (SSSR count). The average molecular weight is 295 g/mol. The standard InChI is InChI=1S/C16H29N3O2/c20-16(18-11-13-3-2-10-21-12-13)15-4-1-9-19(15)14-5-7-17-8-6-14/h13-15,17H,1-12H2,(H,18,20). The van der Waals surface area contributed by atoms with Gasteiger partial charge in [0.1, 0.15) is 0 Å². The third-order valence-electron chi connectivity index (χ3n) is 5.19. The van der Waals surface area contributed by atoms with Gasteiger partial charge in [0.05, 0.1) is 12.6 Å². The number of ether oxygens (including phenoxy) is 1. The van der Waals surface area contributed by atoms with Crippen molar-refractivity contribution in [1.29, 1.82) is 0 Å². The monoisotopic (exact) mass is 295 g/mol. The first-order valence-corrected chi connectivity index (χ1v) is 8.66. The minimum absolute atomic E-state index is 0.109. The van der Waals surface area contributed by atoms with E-state index in [1.807, 2.05) is 0 Å². The van der Waals surface area contributed by atoms with E-state index in [4.69, 9.17) is 4.74 Å². The van der Waals surface area contributed by atoms with E-state index in [0.717, 1.165) is 58.7 Å². The fourth-order valence-electron chi connectivity index (χ4n) is 3.98. The molecule has 2 N–H and O–H groups in total. The number of hydrogen-bond donors (Lipinski definition) is 2. The van der Waals surface area contributed by atoms with Crippen molar-refractivity contribution in [3.05, 3.63) is 0 Å². The van der Waals surface area contributed by atoms with Crippen LogP contribution in [0.3, 0.4) is 0 Å². The van der Waals surface area contributed by atoms with Gasteiger partial charge in [-0.2, -0.15) is 0 Å². The van der Waals surface area contributed by atoms with Crippen molar-refractivity contribution in [2.45, 2.75) is 50.6 Å². The number of nitrogens with zero attached hydrogens (tertiary/aromatic N) is 1. The molecule has 2 unspecified atom stereocenters. The highest BCUT2D eigenvalue weighted by molar-refractivity contribution is 5.82. The van der Waals surface area contributed by atoms with Crippen molar-refractivity contribution in [2.24, 2.45) is 5.92 Å². The maximum atomic E-state index is 12.5. The normalized spacial score (nSPS) is 32.2. The van der Waals surface area contributed by atoms with Gasteiger partial charge in [0, 0.05) is 19.2 Å². The van der Waals surface area contributed by atoms with Gasteiger partial charge in [-0.15, -0.1) is 0 Å². The molecule has 0 aromatic rings. The summed E-state index contributed by atoms with van der Waals surface area (Å²) in [6.45, 7) is 5.76. The Labute approximate surface area is 127 Å². The van der Waals surface area contributed by atoms with E-state index in [9.17, 15) is 4.79 Å². The minimum atomic E-state index is 0.109. The molecule has 0 spiro atoms. The number of amides is 1. The van der Waals surface area contributed by atoms with Gasteiger partial charge in [-0.25, -0.2) is 0 Å². The second kappa shape index (κ2) is 7.56. The molecule has 3 fully saturated rings. The Morgan fingerprint density at radius 3 is 2.81 bits per heavy atom. The molecule has 3 saturated heterocycles. The van der Waals surface area contributed by atoms with E-state index in [1.54, 1.807) is 0 Å². The number of nitrogens with one attached hydrogen (secondary N) is 2. The summed E-state index contributed by atoms with van der Waals surface area (Å²) in [5.41, 5.74) is 0. The van der Waals surface area contributed by atoms with E-state index < -0.39 is 0 Å². The summed E-state index contributed by atoms with van der Waals surface area (Å²) in [6.07, 6.45) is 6.86. The van der Waals surface area contributed by atoms with Gasteiger partial charge in [0.25, 0.3) is 0 Å². The molecule has 3 aliphatic heterocycles. The second-order valence-electron chi connectivity index (χ2n) is 6.71. The lowest BCUT2D eigenvalue weighted by Crippen LogP contribution is -2.51. The number of piperidine rings is 1. The van der Waals surface area contributed by atoms with Gasteiger partial charge < -0.3 is 15.4 Å². The van der Waals surface area contributed by atoms with Crippen LogP contribution in [0.4, 0.5) is 0 Å². The number of rotatable bonds is 4. The smallest absolute Gasteiger partial charge is 0.237 e. The van der Waals surface area contributed by atoms with Crippen LogP contribution in [-0.2, 0) is 9.53 Å². The predicted octanol–water partition coefficient (Wildman–Crippen LogP) is 0.746. The topological polar surface area (TPSA) is 53.6 Å². The molecule has 120 valence electrons. The summed E-state index contributed by atoms with van der Waals surface area (Å²) >= 11 is 0. The zero-order valence-corrected chi connectivity index (χ0v) is 13.0. The van der Waals surface area contributed by atoms with Crippen molar-refractivity contribution in [3.63, 3.8) is 0 Å². The number of hydrogen-bond acceptors (Lipinski definition) is 4. The van der Waals surface area contributed by atoms with Crippen molar-refractivity contribution in [3.8, 4) is 0 Å². The first-order valence-electron chi connectivity index (χ1n) is 8.66. The van der Waals surface area contributed by atoms with Crippen LogP contribution in [0.5, 0.6) is 0 Å². The molecule has 0 saturated carbocycles. The molecule has 3 aliphatic rings. The molecule has 0 aliphatic carbocycles. The summed E-state index contributed by atoms with van der Waals surface area (Å²) < 4.78 is 5.49. The van der Waals surface area contributed by atoms with Crippen molar-refractivity contribution >= 4 is 5.91 Å². The predicted molar refractivity (Wildman–Crippen MR) is 82.2 cm³/mol. The van der Waals surface area contributed by atoms with Gasteiger partial charge in [0.2, 0.25) is 5.91 Å². The Morgan fingerprint density at radius 2 is 2.05 bits per heavy atom. The minimum Gasteiger partial charge on any atom is -0.381 e. The lowest BCUT2D eigenvalue weighted by Gasteiger charge is -2.35. The first kappa shape index (κ1) is 15.3. The van der Waals surface area contributed by atoms with Crippen molar-refractivity contribution < 1.29 is 9.53 Å². The lowest BCUT2D eigenvalue weighted by molar-refractivity contribution is -0.126. The van der Waals surface area contributed by atoms with Crippen LogP contribution < -0.4 is 10.6 Å². The van der Waals surface area contributed by atoms with Crippen LogP contribution >= 0.6 is 0 Å². The lowest BCUT2D eigenvalue weighted by atomic mass is 10.0. The largest absolute Gasteiger partial charge is 0.381 e. The van der Waals surface area contributed by atoms with E-state index >= 15 is 0 Å². The molecular weight excluding hydrogens is 266 g/mol. The van der Waals surface area contributed by atoms with E-state index in [1.165, 1.54) is 19.3 Å². The Kier molecular flexibility index (Phi) is 5.49. The maximum absolute atomic E-state index is 12.5. The van der Waals surface area contributed by atoms with Crippen LogP contribution in [0, 0.1) is 5.92 Å². The number of likely N-dealkylation sites (tertiary alicyclic amines) is 1. The van der Waals surface area contributed by atoms with Gasteiger partial charge in [-0.3, -0.25) is 9.69 Å². The molecule has 3 heterocycles. The SMILES string of the molecule is O=C(NCC1CCCOC1)C1CCCN1C1CCNCC1. The Morgan fingerprint density at radius 1 is 1.19 bits per heavy atom. The highest BCUT2D eigenvalue weighted by atomic mass is 16.5. The number of carbonyl (C=O) groups is 1. The molecule has 0 bridgehead atoms. The zero-order valence-electron chi connectivity index (χ0n) is 13.0. The van der Waals surface area contributed by atoms with Gasteiger partial charge in [0.15, 0.2) is 0 Å². The summed E-state index contributed by atoms with van der Waals surface area (Å²) in [5.74, 6) is 0.757. The summed E-state index contributed by atoms with van der Waals surface area (Å²) in [5, 5.41) is 6.60. The van der Waals surface area contributed by atoms with E-state index in [-0.39, 0.29) is 11.9 Å². The third-order valence-corrected chi connectivity index (χ3v) is 5.19. The third kappa shape index (κ3) is 3.96. The zero-order chi connectivity index (χ0) is 14.5. The molecule has 21 heavy (non-hydrogen) atoms. The van der Waals surface area contributed by atoms with Crippen LogP contribution in [0.15, 0.2) is 0 Å². The van der Waals surface area contributed by atoms with Gasteiger partial charge in [-0.1, -0.05) is 0 Å². The van der Waals surface area contributed by atoms with Crippen LogP contribution in [-0.4, -0.2) is 62.3 Å². The molecule has 1 amide bonds. The molecular formula is C16H29N3O2. The van der Waals surface area contributed by atoms with E-state index in [2.05, 4.69) is 15.5 Å². The highest BCUT2D eigenvalue weighted by Crippen LogP contribution is 2.24. The highest BCUT2D eigenvalue weighted by Gasteiger charge is 2.35. The Hall–Kier alpha value is -0.650. The molecule has 5 heteroatoms. The molecule has 0 radical (unpaired) electrons. The van der Waals surface area contributed by atoms with Crippen LogP contribution in [0.1, 0.15) is 38.5 Å². The average Bonchev–Trinajstić information content (AvgIpc) is 3.04. The van der Waals surface area contributed by atoms with Crippen LogP contribution in [0.25, 0.3) is 0 Å². The number of carbonyl (C=O) groups excluding carboxylic acids is 1. The first-order chi connectivity index (χ1) is 10.3. The summed E-state index contributed by atoms with van der Waals surface area (Å²) in [6, 6.07) is 0.708. The quantitative estimate of drug-likeness (QED) is 0.803. The Balaban J connectivity index is 1.48. The fraction of sp³-hybridized carbons (Fsp3) is 0.938. The molecule has 2 atom stereocenters. The molecule has 0 aromatic heterocycles. The van der Waals surface area contributed by atoms with Crippen LogP contribution in [0.2, 0.25) is 0 Å². The molecule has 0 aromatic carbocycles. The Bertz CT molecular complexity index is 338. The second-order valence-corrected chi connectivity index (χ2v) is 6.71. The van der Waals surface area contributed by atoms with Crippen molar-refractivity contribution in [1.82, 2.24) is 15.5 Å². The van der Waals surface area contributed by atoms with Gasteiger partial charge in [-0.05, 0) is 64.1 Å². The fourth-order valence-corrected chi connectivity index (χ4v) is 3.98. The maximum Gasteiger partial charge on any atom is 0.237 e. The summed E-state index contributed by atoms with van der Waals surface area (Å²) in [4.78, 5) is 15.0. The van der Waals surface area contributed by atoms with Gasteiger partial charge >= 0.3 is 0 Å². The summed E-state index contributed by atoms with van der Waals surface area (Å²) in [7, 11) is 0. The molecule has 5 nitrogen and oxygen atoms in total. The van der Waals surface area contributed by atoms with E-state index in [0.29, 0.717) is 12.0 Å².